The van der Waals surface area contributed by atoms with E-state index in [1.807, 2.05) is 0 Å². The molecule has 1 aromatic rings. The average molecular weight is 245 g/mol. The van der Waals surface area contributed by atoms with Crippen LogP contribution in [0.5, 0.6) is 0 Å². The second-order valence-electron chi connectivity index (χ2n) is 6.07. The van der Waals surface area contributed by atoms with Crippen molar-refractivity contribution in [3.8, 4) is 0 Å². The van der Waals surface area contributed by atoms with Crippen molar-refractivity contribution < 1.29 is 0 Å². The van der Waals surface area contributed by atoms with E-state index < -0.39 is 0 Å². The van der Waals surface area contributed by atoms with Crippen LogP contribution in [-0.4, -0.2) is 0 Å². The Bertz CT molecular complexity index is 368. The van der Waals surface area contributed by atoms with E-state index in [0.717, 1.165) is 5.92 Å². The van der Waals surface area contributed by atoms with Crippen LogP contribution in [0.2, 0.25) is 0 Å². The Hall–Kier alpha value is -0.820. The van der Waals surface area contributed by atoms with Crippen LogP contribution in [0.15, 0.2) is 24.3 Å². The van der Waals surface area contributed by atoms with Gasteiger partial charge in [0.1, 0.15) is 0 Å². The molecule has 4 atom stereocenters. The van der Waals surface area contributed by atoms with Crippen LogP contribution in [0.4, 0.5) is 0 Å². The lowest BCUT2D eigenvalue weighted by molar-refractivity contribution is 0.351. The zero-order chi connectivity index (χ0) is 13.1. The van der Waals surface area contributed by atoms with Crippen molar-refractivity contribution in [1.82, 2.24) is 0 Å². The van der Waals surface area contributed by atoms with Gasteiger partial charge >= 0.3 is 0 Å². The lowest BCUT2D eigenvalue weighted by atomic mass is 9.85. The topological polar surface area (TPSA) is 26.0 Å². The molecule has 1 aliphatic carbocycles. The first kappa shape index (κ1) is 13.6. The Morgan fingerprint density at radius 2 is 1.78 bits per heavy atom. The molecule has 1 aromatic carbocycles. The Labute approximate surface area is 112 Å². The van der Waals surface area contributed by atoms with Crippen LogP contribution < -0.4 is 5.73 Å². The molecule has 18 heavy (non-hydrogen) atoms. The summed E-state index contributed by atoms with van der Waals surface area (Å²) >= 11 is 0. The van der Waals surface area contributed by atoms with E-state index in [2.05, 4.69) is 45.0 Å². The Kier molecular flexibility index (Phi) is 4.45. The highest BCUT2D eigenvalue weighted by Gasteiger charge is 2.29. The van der Waals surface area contributed by atoms with Gasteiger partial charge in [0.2, 0.25) is 0 Å². The van der Waals surface area contributed by atoms with Gasteiger partial charge in [-0.1, -0.05) is 57.9 Å². The summed E-state index contributed by atoms with van der Waals surface area (Å²) in [5.41, 5.74) is 9.21. The normalized spacial score (nSPS) is 27.1. The fourth-order valence-corrected chi connectivity index (χ4v) is 3.24. The molecule has 0 aromatic heterocycles. The average Bonchev–Trinajstić information content (AvgIpc) is 2.83. The molecule has 0 heterocycles. The highest BCUT2D eigenvalue weighted by atomic mass is 14.7. The molecule has 100 valence electrons. The molecule has 0 bridgehead atoms. The van der Waals surface area contributed by atoms with Gasteiger partial charge < -0.3 is 5.73 Å². The third kappa shape index (κ3) is 2.77. The lowest BCUT2D eigenvalue weighted by Gasteiger charge is -2.24. The van der Waals surface area contributed by atoms with E-state index in [4.69, 9.17) is 5.73 Å². The van der Waals surface area contributed by atoms with Crippen molar-refractivity contribution in [2.45, 2.75) is 58.4 Å². The SMILES string of the molecule is CCC(C)c1ccc(C(N)C2CCCC2C)cc1. The fraction of sp³-hybridized carbons (Fsp3) is 0.647. The Morgan fingerprint density at radius 1 is 1.17 bits per heavy atom. The van der Waals surface area contributed by atoms with E-state index in [-0.39, 0.29) is 6.04 Å². The summed E-state index contributed by atoms with van der Waals surface area (Å²) in [5.74, 6) is 2.12. The smallest absolute Gasteiger partial charge is 0.0326 e. The highest BCUT2D eigenvalue weighted by Crippen LogP contribution is 2.38. The molecule has 2 N–H and O–H groups in total. The monoisotopic (exact) mass is 245 g/mol. The maximum Gasteiger partial charge on any atom is 0.0326 e. The van der Waals surface area contributed by atoms with Crippen LogP contribution in [0, 0.1) is 11.8 Å². The van der Waals surface area contributed by atoms with Gasteiger partial charge in [-0.2, -0.15) is 0 Å². The molecule has 0 amide bonds. The summed E-state index contributed by atoms with van der Waals surface area (Å²) in [6, 6.07) is 9.26. The van der Waals surface area contributed by atoms with Gasteiger partial charge in [0.25, 0.3) is 0 Å². The first-order chi connectivity index (χ1) is 8.63. The quantitative estimate of drug-likeness (QED) is 0.822. The number of hydrogen-bond acceptors (Lipinski definition) is 1. The summed E-state index contributed by atoms with van der Waals surface area (Å²) in [6.07, 6.45) is 5.20. The molecular weight excluding hydrogens is 218 g/mol. The standard InChI is InChI=1S/C17H27N/c1-4-12(2)14-8-10-15(11-9-14)17(18)16-7-5-6-13(16)3/h8-13,16-17H,4-7,18H2,1-3H3. The third-order valence-electron chi connectivity index (χ3n) is 4.89. The molecule has 2 rings (SSSR count). The van der Waals surface area contributed by atoms with Gasteiger partial charge in [-0.25, -0.2) is 0 Å². The molecule has 1 fully saturated rings. The van der Waals surface area contributed by atoms with E-state index in [1.165, 1.54) is 36.8 Å². The van der Waals surface area contributed by atoms with Crippen LogP contribution in [-0.2, 0) is 0 Å². The molecular formula is C17H27N. The van der Waals surface area contributed by atoms with Crippen molar-refractivity contribution in [3.05, 3.63) is 35.4 Å². The van der Waals surface area contributed by atoms with Gasteiger partial charge in [0, 0.05) is 6.04 Å². The maximum absolute atomic E-state index is 6.45. The largest absolute Gasteiger partial charge is 0.324 e. The van der Waals surface area contributed by atoms with Gasteiger partial charge in [0.15, 0.2) is 0 Å². The molecule has 0 spiro atoms. The van der Waals surface area contributed by atoms with Crippen molar-refractivity contribution in [1.29, 1.82) is 0 Å². The highest BCUT2D eigenvalue weighted by molar-refractivity contribution is 5.27. The third-order valence-corrected chi connectivity index (χ3v) is 4.89. The molecule has 0 radical (unpaired) electrons. The number of hydrogen-bond donors (Lipinski definition) is 1. The van der Waals surface area contributed by atoms with E-state index in [1.54, 1.807) is 0 Å². The molecule has 1 nitrogen and oxygen atoms in total. The van der Waals surface area contributed by atoms with Crippen molar-refractivity contribution >= 4 is 0 Å². The van der Waals surface area contributed by atoms with Crippen molar-refractivity contribution in [3.63, 3.8) is 0 Å². The minimum atomic E-state index is 0.230. The zero-order valence-electron chi connectivity index (χ0n) is 12.0. The van der Waals surface area contributed by atoms with Gasteiger partial charge in [-0.05, 0) is 41.7 Å². The molecule has 0 saturated heterocycles. The molecule has 1 saturated carbocycles. The second kappa shape index (κ2) is 5.88. The first-order valence-electron chi connectivity index (χ1n) is 7.49. The number of nitrogens with two attached hydrogens (primary N) is 1. The molecule has 0 aliphatic heterocycles. The number of benzene rings is 1. The fourth-order valence-electron chi connectivity index (χ4n) is 3.24. The maximum atomic E-state index is 6.45. The summed E-state index contributed by atoms with van der Waals surface area (Å²) in [7, 11) is 0. The number of rotatable bonds is 4. The minimum absolute atomic E-state index is 0.230. The molecule has 1 heteroatoms. The lowest BCUT2D eigenvalue weighted by Crippen LogP contribution is -2.23. The zero-order valence-corrected chi connectivity index (χ0v) is 12.0. The van der Waals surface area contributed by atoms with Crippen LogP contribution in [0.3, 0.4) is 0 Å². The van der Waals surface area contributed by atoms with Crippen molar-refractivity contribution in [2.75, 3.05) is 0 Å². The molecule has 1 aliphatic rings. The van der Waals surface area contributed by atoms with Crippen LogP contribution in [0.25, 0.3) is 0 Å². The van der Waals surface area contributed by atoms with Crippen molar-refractivity contribution in [2.24, 2.45) is 17.6 Å². The van der Waals surface area contributed by atoms with Crippen LogP contribution >= 0.6 is 0 Å². The van der Waals surface area contributed by atoms with Gasteiger partial charge in [0.05, 0.1) is 0 Å². The summed E-state index contributed by atoms with van der Waals surface area (Å²) in [4.78, 5) is 0. The predicted molar refractivity (Wildman–Crippen MR) is 78.6 cm³/mol. The van der Waals surface area contributed by atoms with Crippen LogP contribution in [0.1, 0.15) is 69.5 Å². The van der Waals surface area contributed by atoms with Gasteiger partial charge in [-0.15, -0.1) is 0 Å². The first-order valence-corrected chi connectivity index (χ1v) is 7.49. The second-order valence-corrected chi connectivity index (χ2v) is 6.07. The summed E-state index contributed by atoms with van der Waals surface area (Å²) in [5, 5.41) is 0. The van der Waals surface area contributed by atoms with E-state index in [9.17, 15) is 0 Å². The van der Waals surface area contributed by atoms with E-state index in [0.29, 0.717) is 11.8 Å². The Morgan fingerprint density at radius 3 is 2.28 bits per heavy atom. The minimum Gasteiger partial charge on any atom is -0.324 e. The Balaban J connectivity index is 2.09. The predicted octanol–water partition coefficient (Wildman–Crippen LogP) is 4.64. The molecule has 4 unspecified atom stereocenters. The van der Waals surface area contributed by atoms with E-state index >= 15 is 0 Å². The summed E-state index contributed by atoms with van der Waals surface area (Å²) < 4.78 is 0. The van der Waals surface area contributed by atoms with Gasteiger partial charge in [-0.3, -0.25) is 0 Å². The summed E-state index contributed by atoms with van der Waals surface area (Å²) in [6.45, 7) is 6.88.